The Bertz CT molecular complexity index is 1610. The van der Waals surface area contributed by atoms with Crippen LogP contribution in [0, 0.1) is 13.8 Å². The van der Waals surface area contributed by atoms with E-state index in [1.54, 1.807) is 42.5 Å². The van der Waals surface area contributed by atoms with Crippen molar-refractivity contribution in [1.29, 1.82) is 0 Å². The van der Waals surface area contributed by atoms with E-state index < -0.39 is 17.4 Å². The summed E-state index contributed by atoms with van der Waals surface area (Å²) >= 11 is 0. The monoisotopic (exact) mass is 550 g/mol. The van der Waals surface area contributed by atoms with Crippen LogP contribution in [0.1, 0.15) is 28.7 Å². The molecule has 1 aliphatic carbocycles. The Kier molecular flexibility index (Phi) is 7.80. The summed E-state index contributed by atoms with van der Waals surface area (Å²) in [6, 6.07) is 21.9. The normalized spacial score (nSPS) is 19.3. The van der Waals surface area contributed by atoms with Gasteiger partial charge in [-0.3, -0.25) is 10.2 Å². The first-order valence-corrected chi connectivity index (χ1v) is 13.1. The van der Waals surface area contributed by atoms with Gasteiger partial charge in [0, 0.05) is 12.0 Å². The summed E-state index contributed by atoms with van der Waals surface area (Å²) in [4.78, 5) is 26.2. The van der Waals surface area contributed by atoms with E-state index in [1.165, 1.54) is 11.1 Å². The summed E-state index contributed by atoms with van der Waals surface area (Å²) in [7, 11) is 0. The smallest absolute Gasteiger partial charge is 0.335 e. The van der Waals surface area contributed by atoms with Gasteiger partial charge in [-0.15, -0.1) is 0 Å². The van der Waals surface area contributed by atoms with Gasteiger partial charge in [0.15, 0.2) is 11.3 Å². The summed E-state index contributed by atoms with van der Waals surface area (Å²) in [5, 5.41) is 30.7. The second-order valence-electron chi connectivity index (χ2n) is 10.0. The van der Waals surface area contributed by atoms with Crippen molar-refractivity contribution in [3.8, 4) is 5.75 Å². The molecule has 3 aromatic rings. The van der Waals surface area contributed by atoms with E-state index in [9.17, 15) is 19.8 Å². The number of aliphatic carboxylic acids is 1. The molecule has 0 fully saturated rings. The Labute approximate surface area is 237 Å². The minimum atomic E-state index is -1.66. The zero-order valence-corrected chi connectivity index (χ0v) is 22.7. The lowest BCUT2D eigenvalue weighted by Crippen LogP contribution is -2.50. The van der Waals surface area contributed by atoms with Crippen molar-refractivity contribution in [2.24, 2.45) is 10.2 Å². The number of carboxylic acids is 1. The van der Waals surface area contributed by atoms with Crippen molar-refractivity contribution in [1.82, 2.24) is 5.43 Å². The molecule has 2 aliphatic rings. The fraction of sp³-hybridized carbons (Fsp3) is 0.188. The van der Waals surface area contributed by atoms with Gasteiger partial charge in [-0.05, 0) is 60.4 Å². The van der Waals surface area contributed by atoms with E-state index in [0.29, 0.717) is 23.4 Å². The molecule has 1 heterocycles. The van der Waals surface area contributed by atoms with E-state index in [4.69, 9.17) is 4.74 Å². The van der Waals surface area contributed by atoms with Crippen LogP contribution in [-0.4, -0.2) is 45.7 Å². The fourth-order valence-corrected chi connectivity index (χ4v) is 4.62. The van der Waals surface area contributed by atoms with Gasteiger partial charge in [-0.25, -0.2) is 4.79 Å². The first-order chi connectivity index (χ1) is 19.8. The maximum absolute atomic E-state index is 13.6. The topological polar surface area (TPSA) is 124 Å². The molecule has 1 amide bonds. The molecule has 9 nitrogen and oxygen atoms in total. The van der Waals surface area contributed by atoms with E-state index >= 15 is 0 Å². The third-order valence-electron chi connectivity index (χ3n) is 7.12. The molecular weight excluding hydrogens is 520 g/mol. The summed E-state index contributed by atoms with van der Waals surface area (Å²) < 4.78 is 5.88. The standard InChI is InChI=1S/C32H30N4O5/c1-21-14-15-25(17-22(21)2)36-30(38)29(27(34-36)20-41-19-23-9-4-3-5-10-23)33-35-32(31(39)40)16-8-11-24(18-32)26-12-6-7-13-28(26)37/h3-17,35,37H,18-20H2,1-2H3,(H,39,40). The number of para-hydroxylation sites is 1. The number of hydrogen-bond acceptors (Lipinski definition) is 7. The lowest BCUT2D eigenvalue weighted by atomic mass is 9.84. The molecule has 1 unspecified atom stereocenters. The minimum absolute atomic E-state index is 0.0125. The van der Waals surface area contributed by atoms with E-state index in [1.807, 2.05) is 56.3 Å². The number of benzene rings is 3. The number of aromatic hydroxyl groups is 1. The number of hydrogen-bond donors (Lipinski definition) is 3. The Balaban J connectivity index is 1.43. The van der Waals surface area contributed by atoms with Crippen molar-refractivity contribution in [3.05, 3.63) is 113 Å². The molecule has 3 N–H and O–H groups in total. The number of ether oxygens (including phenoxy) is 1. The Morgan fingerprint density at radius 1 is 1.05 bits per heavy atom. The zero-order chi connectivity index (χ0) is 29.0. The number of anilines is 1. The molecule has 0 bridgehead atoms. The Morgan fingerprint density at radius 3 is 2.54 bits per heavy atom. The molecule has 5 rings (SSSR count). The highest BCUT2D eigenvalue weighted by Gasteiger charge is 2.40. The van der Waals surface area contributed by atoms with Gasteiger partial charge >= 0.3 is 11.9 Å². The number of amides is 1. The van der Waals surface area contributed by atoms with Gasteiger partial charge in [-0.1, -0.05) is 66.7 Å². The molecule has 1 aliphatic heterocycles. The van der Waals surface area contributed by atoms with Crippen molar-refractivity contribution < 1.29 is 24.5 Å². The number of allylic oxidation sites excluding steroid dienone is 2. The number of nitrogens with one attached hydrogen (secondary N) is 1. The van der Waals surface area contributed by atoms with Gasteiger partial charge < -0.3 is 14.9 Å². The Hall–Kier alpha value is -5.02. The number of phenolic OH excluding ortho intramolecular Hbond substituents is 1. The molecule has 0 saturated heterocycles. The number of carbonyl (C=O) groups excluding carboxylic acids is 1. The van der Waals surface area contributed by atoms with E-state index in [-0.39, 0.29) is 30.2 Å². The summed E-state index contributed by atoms with van der Waals surface area (Å²) in [5.41, 5.74) is 6.05. The average Bonchev–Trinajstić information content (AvgIpc) is 3.29. The highest BCUT2D eigenvalue weighted by atomic mass is 16.5. The first-order valence-electron chi connectivity index (χ1n) is 13.1. The van der Waals surface area contributed by atoms with Gasteiger partial charge in [0.05, 0.1) is 18.9 Å². The van der Waals surface area contributed by atoms with Crippen LogP contribution in [0.25, 0.3) is 5.57 Å². The summed E-state index contributed by atoms with van der Waals surface area (Å²) in [5.74, 6) is -1.65. The van der Waals surface area contributed by atoms with Crippen molar-refractivity contribution in [2.75, 3.05) is 11.6 Å². The third kappa shape index (κ3) is 5.80. The van der Waals surface area contributed by atoms with Gasteiger partial charge in [0.25, 0.3) is 0 Å². The van der Waals surface area contributed by atoms with Gasteiger partial charge in [-0.2, -0.15) is 15.2 Å². The summed E-state index contributed by atoms with van der Waals surface area (Å²) in [6.07, 6.45) is 4.81. The van der Waals surface area contributed by atoms with Crippen LogP contribution in [0.5, 0.6) is 5.75 Å². The van der Waals surface area contributed by atoms with Crippen molar-refractivity contribution in [3.63, 3.8) is 0 Å². The first kappa shape index (κ1) is 27.5. The van der Waals surface area contributed by atoms with Crippen LogP contribution in [0.3, 0.4) is 0 Å². The number of nitrogens with zero attached hydrogens (tertiary/aromatic N) is 3. The molecular formula is C32H30N4O5. The molecule has 0 radical (unpaired) electrons. The van der Waals surface area contributed by atoms with Gasteiger partial charge in [0.1, 0.15) is 11.5 Å². The third-order valence-corrected chi connectivity index (χ3v) is 7.12. The lowest BCUT2D eigenvalue weighted by Gasteiger charge is -2.29. The molecule has 9 heteroatoms. The number of carboxylic acid groups (broad SMARTS) is 1. The van der Waals surface area contributed by atoms with Crippen LogP contribution in [0.4, 0.5) is 5.69 Å². The molecule has 3 aromatic carbocycles. The number of carbonyl (C=O) groups is 2. The lowest BCUT2D eigenvalue weighted by molar-refractivity contribution is -0.142. The molecule has 0 saturated carbocycles. The highest BCUT2D eigenvalue weighted by molar-refractivity contribution is 6.71. The van der Waals surface area contributed by atoms with Crippen LogP contribution in [0.2, 0.25) is 0 Å². The molecule has 1 atom stereocenters. The maximum atomic E-state index is 13.6. The largest absolute Gasteiger partial charge is 0.507 e. The van der Waals surface area contributed by atoms with Crippen LogP contribution in [-0.2, 0) is 20.9 Å². The quantitative estimate of drug-likeness (QED) is 0.331. The molecule has 0 aromatic heterocycles. The van der Waals surface area contributed by atoms with Crippen molar-refractivity contribution >= 4 is 34.6 Å². The predicted molar refractivity (Wildman–Crippen MR) is 158 cm³/mol. The number of aryl methyl sites for hydroxylation is 2. The number of phenols is 1. The summed E-state index contributed by atoms with van der Waals surface area (Å²) in [6.45, 7) is 4.22. The number of hydrazone groups is 2. The molecule has 41 heavy (non-hydrogen) atoms. The number of rotatable bonds is 9. The molecule has 208 valence electrons. The fourth-order valence-electron chi connectivity index (χ4n) is 4.62. The maximum Gasteiger partial charge on any atom is 0.335 e. The highest BCUT2D eigenvalue weighted by Crippen LogP contribution is 2.35. The second kappa shape index (κ2) is 11.6. The van der Waals surface area contributed by atoms with Crippen LogP contribution in [0.15, 0.2) is 101 Å². The predicted octanol–water partition coefficient (Wildman–Crippen LogP) is 4.74. The van der Waals surface area contributed by atoms with Crippen LogP contribution >= 0.6 is 0 Å². The van der Waals surface area contributed by atoms with E-state index in [2.05, 4.69) is 15.6 Å². The second-order valence-corrected chi connectivity index (χ2v) is 10.0. The van der Waals surface area contributed by atoms with E-state index in [0.717, 1.165) is 16.7 Å². The Morgan fingerprint density at radius 2 is 1.80 bits per heavy atom. The van der Waals surface area contributed by atoms with Gasteiger partial charge in [0.2, 0.25) is 0 Å². The SMILES string of the molecule is Cc1ccc(N2N=C(COCc3ccccc3)C(=NNC3(C(=O)O)C=CC=C(c4ccccc4O)C3)C2=O)cc1C. The van der Waals surface area contributed by atoms with Crippen LogP contribution < -0.4 is 10.4 Å². The zero-order valence-electron chi connectivity index (χ0n) is 22.7. The minimum Gasteiger partial charge on any atom is -0.507 e. The van der Waals surface area contributed by atoms with Crippen molar-refractivity contribution in [2.45, 2.75) is 32.4 Å². The average molecular weight is 551 g/mol. The molecule has 0 spiro atoms.